The molecular formula is C10H15N3O2. The van der Waals surface area contributed by atoms with Crippen LogP contribution in [0.1, 0.15) is 17.4 Å². The highest BCUT2D eigenvalue weighted by molar-refractivity contribution is 5.92. The summed E-state index contributed by atoms with van der Waals surface area (Å²) in [6.07, 6.45) is 1.43. The molecule has 0 aromatic carbocycles. The number of anilines is 1. The van der Waals surface area contributed by atoms with Gasteiger partial charge in [-0.1, -0.05) is 6.92 Å². The predicted molar refractivity (Wildman–Crippen MR) is 57.2 cm³/mol. The third kappa shape index (κ3) is 3.55. The third-order valence-electron chi connectivity index (χ3n) is 1.94. The van der Waals surface area contributed by atoms with Gasteiger partial charge in [-0.15, -0.1) is 0 Å². The summed E-state index contributed by atoms with van der Waals surface area (Å²) in [6, 6.07) is 3.19. The lowest BCUT2D eigenvalue weighted by molar-refractivity contribution is 0.0937. The van der Waals surface area contributed by atoms with E-state index in [1.54, 1.807) is 12.1 Å². The molecule has 0 aliphatic carbocycles. The van der Waals surface area contributed by atoms with E-state index in [4.69, 9.17) is 10.8 Å². The van der Waals surface area contributed by atoms with Crippen LogP contribution in [-0.4, -0.2) is 29.1 Å². The first kappa shape index (κ1) is 11.5. The van der Waals surface area contributed by atoms with Crippen molar-refractivity contribution in [1.29, 1.82) is 0 Å². The summed E-state index contributed by atoms with van der Waals surface area (Å²) in [5.41, 5.74) is 6.29. The summed E-state index contributed by atoms with van der Waals surface area (Å²) in [5.74, 6) is -0.210. The van der Waals surface area contributed by atoms with Crippen LogP contribution in [0, 0.1) is 5.92 Å². The van der Waals surface area contributed by atoms with Crippen LogP contribution in [0.2, 0.25) is 0 Å². The number of nitrogens with two attached hydrogens (primary N) is 1. The molecule has 0 aliphatic rings. The third-order valence-corrected chi connectivity index (χ3v) is 1.94. The number of amides is 1. The van der Waals surface area contributed by atoms with Crippen LogP contribution >= 0.6 is 0 Å². The van der Waals surface area contributed by atoms with E-state index < -0.39 is 0 Å². The average Bonchev–Trinajstić information content (AvgIpc) is 2.26. The maximum absolute atomic E-state index is 11.5. The second-order valence-electron chi connectivity index (χ2n) is 3.47. The van der Waals surface area contributed by atoms with Crippen molar-refractivity contribution in [3.63, 3.8) is 0 Å². The van der Waals surface area contributed by atoms with Gasteiger partial charge in [0.15, 0.2) is 0 Å². The standard InChI is InChI=1S/C10H15N3O2/c1-7(6-14)4-13-10(15)9-3-2-8(11)5-12-9/h2-3,5,7,14H,4,6,11H2,1H3,(H,13,15). The number of hydrogen-bond acceptors (Lipinski definition) is 4. The molecular weight excluding hydrogens is 194 g/mol. The molecule has 0 saturated carbocycles. The van der Waals surface area contributed by atoms with Gasteiger partial charge in [-0.3, -0.25) is 4.79 Å². The van der Waals surface area contributed by atoms with Crippen molar-refractivity contribution < 1.29 is 9.90 Å². The van der Waals surface area contributed by atoms with E-state index in [1.807, 2.05) is 6.92 Å². The lowest BCUT2D eigenvalue weighted by Crippen LogP contribution is -2.30. The van der Waals surface area contributed by atoms with Gasteiger partial charge in [0.25, 0.3) is 5.91 Å². The quantitative estimate of drug-likeness (QED) is 0.652. The summed E-state index contributed by atoms with van der Waals surface area (Å²) in [4.78, 5) is 15.4. The van der Waals surface area contributed by atoms with Crippen molar-refractivity contribution in [2.24, 2.45) is 5.92 Å². The van der Waals surface area contributed by atoms with Gasteiger partial charge in [-0.25, -0.2) is 4.98 Å². The Morgan fingerprint density at radius 1 is 1.67 bits per heavy atom. The predicted octanol–water partition coefficient (Wildman–Crippen LogP) is 0.0220. The highest BCUT2D eigenvalue weighted by Gasteiger charge is 2.07. The topological polar surface area (TPSA) is 88.2 Å². The molecule has 15 heavy (non-hydrogen) atoms. The fourth-order valence-electron chi connectivity index (χ4n) is 0.962. The van der Waals surface area contributed by atoms with Gasteiger partial charge in [0, 0.05) is 13.2 Å². The van der Waals surface area contributed by atoms with Crippen LogP contribution in [0.4, 0.5) is 5.69 Å². The molecule has 1 heterocycles. The summed E-state index contributed by atoms with van der Waals surface area (Å²) < 4.78 is 0. The molecule has 1 rings (SSSR count). The molecule has 1 unspecified atom stereocenters. The van der Waals surface area contributed by atoms with Gasteiger partial charge in [-0.2, -0.15) is 0 Å². The van der Waals surface area contributed by atoms with E-state index in [9.17, 15) is 4.79 Å². The van der Waals surface area contributed by atoms with Gasteiger partial charge >= 0.3 is 0 Å². The Morgan fingerprint density at radius 2 is 2.40 bits per heavy atom. The van der Waals surface area contributed by atoms with Crippen LogP contribution in [0.5, 0.6) is 0 Å². The Bertz CT molecular complexity index is 324. The fraction of sp³-hybridized carbons (Fsp3) is 0.400. The monoisotopic (exact) mass is 209 g/mol. The lowest BCUT2D eigenvalue weighted by atomic mass is 10.2. The molecule has 1 atom stereocenters. The molecule has 0 radical (unpaired) electrons. The molecule has 4 N–H and O–H groups in total. The smallest absolute Gasteiger partial charge is 0.269 e. The van der Waals surface area contributed by atoms with Gasteiger partial charge in [0.05, 0.1) is 11.9 Å². The molecule has 0 fully saturated rings. The van der Waals surface area contributed by atoms with E-state index in [0.717, 1.165) is 0 Å². The van der Waals surface area contributed by atoms with Crippen molar-refractivity contribution in [1.82, 2.24) is 10.3 Å². The minimum absolute atomic E-state index is 0.0442. The number of aliphatic hydroxyl groups is 1. The van der Waals surface area contributed by atoms with Gasteiger partial charge < -0.3 is 16.2 Å². The SMILES string of the molecule is CC(CO)CNC(=O)c1ccc(N)cn1. The zero-order valence-corrected chi connectivity index (χ0v) is 8.60. The first-order valence-corrected chi connectivity index (χ1v) is 4.74. The first-order chi connectivity index (χ1) is 7.13. The summed E-state index contributed by atoms with van der Waals surface area (Å²) >= 11 is 0. The van der Waals surface area contributed by atoms with Crippen LogP contribution < -0.4 is 11.1 Å². The molecule has 1 amide bonds. The summed E-state index contributed by atoms with van der Waals surface area (Å²) in [7, 11) is 0. The molecule has 0 aliphatic heterocycles. The number of aliphatic hydroxyl groups excluding tert-OH is 1. The van der Waals surface area contributed by atoms with Crippen molar-refractivity contribution in [3.8, 4) is 0 Å². The number of rotatable bonds is 4. The number of hydrogen-bond donors (Lipinski definition) is 3. The molecule has 0 spiro atoms. The Morgan fingerprint density at radius 3 is 2.93 bits per heavy atom. The van der Waals surface area contributed by atoms with Gasteiger partial charge in [0.2, 0.25) is 0 Å². The molecule has 0 saturated heterocycles. The minimum atomic E-state index is -0.254. The molecule has 82 valence electrons. The van der Waals surface area contributed by atoms with Crippen LogP contribution in [-0.2, 0) is 0 Å². The minimum Gasteiger partial charge on any atom is -0.397 e. The highest BCUT2D eigenvalue weighted by atomic mass is 16.3. The molecule has 1 aromatic heterocycles. The van der Waals surface area contributed by atoms with Gasteiger partial charge in [0.1, 0.15) is 5.69 Å². The second kappa shape index (κ2) is 5.31. The highest BCUT2D eigenvalue weighted by Crippen LogP contribution is 2.01. The Kier molecular flexibility index (Phi) is 4.05. The van der Waals surface area contributed by atoms with E-state index in [2.05, 4.69) is 10.3 Å². The van der Waals surface area contributed by atoms with Crippen LogP contribution in [0.15, 0.2) is 18.3 Å². The summed E-state index contributed by atoms with van der Waals surface area (Å²) in [6.45, 7) is 2.33. The summed E-state index contributed by atoms with van der Waals surface area (Å²) in [5, 5.41) is 11.4. The molecule has 5 nitrogen and oxygen atoms in total. The molecule has 5 heteroatoms. The average molecular weight is 209 g/mol. The number of carbonyl (C=O) groups is 1. The van der Waals surface area contributed by atoms with Crippen molar-refractivity contribution in [3.05, 3.63) is 24.0 Å². The first-order valence-electron chi connectivity index (χ1n) is 4.74. The zero-order chi connectivity index (χ0) is 11.3. The maximum Gasteiger partial charge on any atom is 0.269 e. The van der Waals surface area contributed by atoms with E-state index in [-0.39, 0.29) is 18.4 Å². The number of nitrogen functional groups attached to an aromatic ring is 1. The normalized spacial score (nSPS) is 12.1. The van der Waals surface area contributed by atoms with E-state index >= 15 is 0 Å². The van der Waals surface area contributed by atoms with Crippen LogP contribution in [0.25, 0.3) is 0 Å². The Labute approximate surface area is 88.3 Å². The number of carbonyl (C=O) groups excluding carboxylic acids is 1. The Balaban J connectivity index is 2.50. The number of nitrogens with one attached hydrogen (secondary N) is 1. The molecule has 0 bridgehead atoms. The second-order valence-corrected chi connectivity index (χ2v) is 3.47. The number of aromatic nitrogens is 1. The largest absolute Gasteiger partial charge is 0.397 e. The fourth-order valence-corrected chi connectivity index (χ4v) is 0.962. The van der Waals surface area contributed by atoms with Crippen molar-refractivity contribution >= 4 is 11.6 Å². The maximum atomic E-state index is 11.5. The molecule has 1 aromatic rings. The van der Waals surface area contributed by atoms with E-state index in [1.165, 1.54) is 6.20 Å². The van der Waals surface area contributed by atoms with Crippen LogP contribution in [0.3, 0.4) is 0 Å². The number of nitrogens with zero attached hydrogens (tertiary/aromatic N) is 1. The van der Waals surface area contributed by atoms with Crippen molar-refractivity contribution in [2.75, 3.05) is 18.9 Å². The van der Waals surface area contributed by atoms with Gasteiger partial charge in [-0.05, 0) is 18.1 Å². The Hall–Kier alpha value is -1.62. The van der Waals surface area contributed by atoms with Crippen molar-refractivity contribution in [2.45, 2.75) is 6.92 Å². The lowest BCUT2D eigenvalue weighted by Gasteiger charge is -2.08. The van der Waals surface area contributed by atoms with E-state index in [0.29, 0.717) is 17.9 Å². The number of pyridine rings is 1. The zero-order valence-electron chi connectivity index (χ0n) is 8.60.